The zero-order valence-electron chi connectivity index (χ0n) is 19.0. The number of carbonyl (C=O) groups excluding carboxylic acids is 2. The van der Waals surface area contributed by atoms with Crippen molar-refractivity contribution >= 4 is 23.3 Å². The SMILES string of the molecule is COc1cc(N2CCCC2=O)cnc1N1CCC[C@@]2(CCN([C@H]3CC[C@@H](O)CC3)C2=O)C1. The van der Waals surface area contributed by atoms with E-state index in [4.69, 9.17) is 9.72 Å². The maximum atomic E-state index is 13.6. The largest absolute Gasteiger partial charge is 0.493 e. The Morgan fingerprint density at radius 1 is 1.09 bits per heavy atom. The summed E-state index contributed by atoms with van der Waals surface area (Å²) in [6.45, 7) is 3.03. The number of pyridine rings is 1. The molecule has 1 aromatic rings. The van der Waals surface area contributed by atoms with Gasteiger partial charge in [0.2, 0.25) is 11.8 Å². The normalized spacial score (nSPS) is 31.1. The van der Waals surface area contributed by atoms with Crippen LogP contribution in [0.3, 0.4) is 0 Å². The smallest absolute Gasteiger partial charge is 0.230 e. The highest BCUT2D eigenvalue weighted by atomic mass is 16.5. The van der Waals surface area contributed by atoms with Crippen molar-refractivity contribution in [1.82, 2.24) is 9.88 Å². The van der Waals surface area contributed by atoms with Gasteiger partial charge in [-0.2, -0.15) is 0 Å². The molecule has 1 N–H and O–H groups in total. The Hall–Kier alpha value is -2.35. The molecule has 174 valence electrons. The average molecular weight is 443 g/mol. The van der Waals surface area contributed by atoms with Crippen LogP contribution in [0.2, 0.25) is 0 Å². The van der Waals surface area contributed by atoms with Crippen LogP contribution in [0.4, 0.5) is 11.5 Å². The average Bonchev–Trinajstić information content (AvgIpc) is 3.37. The lowest BCUT2D eigenvalue weighted by atomic mass is 9.78. The first-order valence-electron chi connectivity index (χ1n) is 12.1. The Bertz CT molecular complexity index is 885. The summed E-state index contributed by atoms with van der Waals surface area (Å²) in [5.74, 6) is 1.82. The number of nitrogens with zero attached hydrogens (tertiary/aromatic N) is 4. The molecule has 1 atom stereocenters. The number of hydrogen-bond acceptors (Lipinski definition) is 6. The van der Waals surface area contributed by atoms with Crippen LogP contribution in [0.5, 0.6) is 5.75 Å². The van der Waals surface area contributed by atoms with E-state index in [1.165, 1.54) is 0 Å². The molecule has 5 rings (SSSR count). The minimum Gasteiger partial charge on any atom is -0.493 e. The maximum Gasteiger partial charge on any atom is 0.230 e. The highest BCUT2D eigenvalue weighted by molar-refractivity contribution is 5.95. The van der Waals surface area contributed by atoms with Crippen LogP contribution in [-0.4, -0.2) is 72.2 Å². The predicted octanol–water partition coefficient (Wildman–Crippen LogP) is 2.34. The van der Waals surface area contributed by atoms with Crippen LogP contribution in [-0.2, 0) is 9.59 Å². The number of hydrogen-bond donors (Lipinski definition) is 1. The number of aliphatic hydroxyl groups is 1. The molecule has 0 bridgehead atoms. The number of anilines is 2. The van der Waals surface area contributed by atoms with Crippen LogP contribution in [0, 0.1) is 5.41 Å². The van der Waals surface area contributed by atoms with Crippen LogP contribution in [0.1, 0.15) is 57.8 Å². The highest BCUT2D eigenvalue weighted by Gasteiger charge is 2.51. The number of carbonyl (C=O) groups is 2. The molecule has 1 aliphatic carbocycles. The molecule has 32 heavy (non-hydrogen) atoms. The van der Waals surface area contributed by atoms with Gasteiger partial charge in [-0.25, -0.2) is 4.98 Å². The second-order valence-electron chi connectivity index (χ2n) is 9.88. The summed E-state index contributed by atoms with van der Waals surface area (Å²) in [4.78, 5) is 36.5. The lowest BCUT2D eigenvalue weighted by Crippen LogP contribution is -2.50. The van der Waals surface area contributed by atoms with Crippen molar-refractivity contribution in [1.29, 1.82) is 0 Å². The van der Waals surface area contributed by atoms with E-state index in [0.717, 1.165) is 82.5 Å². The molecule has 1 aromatic heterocycles. The van der Waals surface area contributed by atoms with E-state index in [1.54, 1.807) is 18.2 Å². The molecule has 0 aromatic carbocycles. The van der Waals surface area contributed by atoms with Crippen molar-refractivity contribution in [2.75, 3.05) is 43.1 Å². The highest BCUT2D eigenvalue weighted by Crippen LogP contribution is 2.44. The summed E-state index contributed by atoms with van der Waals surface area (Å²) < 4.78 is 5.68. The Morgan fingerprint density at radius 3 is 2.62 bits per heavy atom. The number of likely N-dealkylation sites (tertiary alicyclic amines) is 1. The van der Waals surface area contributed by atoms with Gasteiger partial charge in [0.25, 0.3) is 0 Å². The fourth-order valence-corrected chi connectivity index (χ4v) is 6.14. The fourth-order valence-electron chi connectivity index (χ4n) is 6.14. The third kappa shape index (κ3) is 3.72. The molecule has 4 heterocycles. The van der Waals surface area contributed by atoms with Gasteiger partial charge in [-0.05, 0) is 51.4 Å². The molecule has 1 spiro atoms. The minimum absolute atomic E-state index is 0.130. The monoisotopic (exact) mass is 442 g/mol. The second kappa shape index (κ2) is 8.54. The second-order valence-corrected chi connectivity index (χ2v) is 9.88. The minimum atomic E-state index is -0.357. The molecule has 4 aliphatic rings. The summed E-state index contributed by atoms with van der Waals surface area (Å²) >= 11 is 0. The van der Waals surface area contributed by atoms with E-state index in [-0.39, 0.29) is 29.4 Å². The number of ether oxygens (including phenoxy) is 1. The molecule has 4 fully saturated rings. The van der Waals surface area contributed by atoms with Gasteiger partial charge < -0.3 is 24.5 Å². The van der Waals surface area contributed by atoms with Gasteiger partial charge in [-0.3, -0.25) is 9.59 Å². The molecule has 0 unspecified atom stereocenters. The molecule has 0 radical (unpaired) electrons. The quantitative estimate of drug-likeness (QED) is 0.770. The molecule has 3 saturated heterocycles. The van der Waals surface area contributed by atoms with Gasteiger partial charge in [0.15, 0.2) is 11.6 Å². The summed E-state index contributed by atoms with van der Waals surface area (Å²) in [5, 5.41) is 9.84. The van der Waals surface area contributed by atoms with Crippen molar-refractivity contribution in [2.24, 2.45) is 5.41 Å². The van der Waals surface area contributed by atoms with Crippen LogP contribution in [0.25, 0.3) is 0 Å². The zero-order valence-corrected chi connectivity index (χ0v) is 19.0. The van der Waals surface area contributed by atoms with Crippen molar-refractivity contribution < 1.29 is 19.4 Å². The van der Waals surface area contributed by atoms with Gasteiger partial charge in [0.05, 0.1) is 30.5 Å². The summed E-state index contributed by atoms with van der Waals surface area (Å²) in [5.41, 5.74) is 0.423. The topological polar surface area (TPSA) is 86.2 Å². The lowest BCUT2D eigenvalue weighted by molar-refractivity contribution is -0.139. The molecule has 1 saturated carbocycles. The van der Waals surface area contributed by atoms with Gasteiger partial charge in [-0.1, -0.05) is 0 Å². The lowest BCUT2D eigenvalue weighted by Gasteiger charge is -2.41. The summed E-state index contributed by atoms with van der Waals surface area (Å²) in [6, 6.07) is 2.17. The van der Waals surface area contributed by atoms with Gasteiger partial charge in [0, 0.05) is 44.7 Å². The molecular weight excluding hydrogens is 408 g/mol. The van der Waals surface area contributed by atoms with E-state index < -0.39 is 0 Å². The van der Waals surface area contributed by atoms with E-state index in [9.17, 15) is 14.7 Å². The van der Waals surface area contributed by atoms with E-state index in [2.05, 4.69) is 9.80 Å². The van der Waals surface area contributed by atoms with Crippen LogP contribution in [0.15, 0.2) is 12.3 Å². The number of aliphatic hydroxyl groups excluding tert-OH is 1. The van der Waals surface area contributed by atoms with Gasteiger partial charge >= 0.3 is 0 Å². The Morgan fingerprint density at radius 2 is 1.91 bits per heavy atom. The molecule has 8 nitrogen and oxygen atoms in total. The first kappa shape index (κ1) is 21.5. The number of amides is 2. The first-order valence-corrected chi connectivity index (χ1v) is 12.1. The van der Waals surface area contributed by atoms with E-state index in [1.807, 2.05) is 6.07 Å². The van der Waals surface area contributed by atoms with Gasteiger partial charge in [-0.15, -0.1) is 0 Å². The maximum absolute atomic E-state index is 13.6. The zero-order chi connectivity index (χ0) is 22.3. The van der Waals surface area contributed by atoms with Crippen molar-refractivity contribution in [3.8, 4) is 5.75 Å². The molecular formula is C24H34N4O4. The third-order valence-corrected chi connectivity index (χ3v) is 7.95. The van der Waals surface area contributed by atoms with Crippen molar-refractivity contribution in [3.63, 3.8) is 0 Å². The predicted molar refractivity (Wildman–Crippen MR) is 121 cm³/mol. The van der Waals surface area contributed by atoms with Crippen molar-refractivity contribution in [2.45, 2.75) is 69.9 Å². The number of aromatic nitrogens is 1. The number of rotatable bonds is 4. The number of piperidine rings is 1. The summed E-state index contributed by atoms with van der Waals surface area (Å²) in [7, 11) is 1.63. The Labute approximate surface area is 189 Å². The third-order valence-electron chi connectivity index (χ3n) is 7.95. The van der Waals surface area contributed by atoms with E-state index in [0.29, 0.717) is 18.7 Å². The van der Waals surface area contributed by atoms with Gasteiger partial charge in [0.1, 0.15) is 0 Å². The van der Waals surface area contributed by atoms with Crippen LogP contribution >= 0.6 is 0 Å². The Kier molecular flexibility index (Phi) is 5.73. The Balaban J connectivity index is 1.34. The molecule has 3 aliphatic heterocycles. The molecule has 2 amide bonds. The van der Waals surface area contributed by atoms with Crippen molar-refractivity contribution in [3.05, 3.63) is 12.3 Å². The van der Waals surface area contributed by atoms with Crippen LogP contribution < -0.4 is 14.5 Å². The molecule has 8 heteroatoms. The summed E-state index contributed by atoms with van der Waals surface area (Å²) in [6.07, 6.45) is 9.13. The van der Waals surface area contributed by atoms with E-state index >= 15 is 0 Å². The fraction of sp³-hybridized carbons (Fsp3) is 0.708. The number of methoxy groups -OCH3 is 1. The standard InChI is InChI=1S/C24H34N4O4/c1-32-20-14-18(27-12-2-4-21(27)30)15-25-22(20)26-11-3-9-24(16-26)10-13-28(23(24)31)17-5-7-19(29)8-6-17/h14-15,17,19,29H,2-13,16H2,1H3/t17-,19+,24-/m1/s1. The first-order chi connectivity index (χ1) is 15.5.